The topological polar surface area (TPSA) is 59.1 Å². The molecule has 17 heavy (non-hydrogen) atoms. The third-order valence-corrected chi connectivity index (χ3v) is 2.04. The van der Waals surface area contributed by atoms with Gasteiger partial charge in [-0.3, -0.25) is 5.41 Å². The highest BCUT2D eigenvalue weighted by Crippen LogP contribution is 2.19. The number of hydrogen-bond acceptors (Lipinski definition) is 2. The van der Waals surface area contributed by atoms with Crippen LogP contribution in [0.3, 0.4) is 0 Å². The Morgan fingerprint density at radius 1 is 1.35 bits per heavy atom. The monoisotopic (exact) mass is 246 g/mol. The maximum absolute atomic E-state index is 11.8. The number of nitrogens with one attached hydrogen (secondary N) is 1. The number of rotatable bonds is 5. The Kier molecular flexibility index (Phi) is 4.51. The van der Waals surface area contributed by atoms with Crippen LogP contribution >= 0.6 is 0 Å². The number of ether oxygens (including phenoxy) is 1. The first-order chi connectivity index (χ1) is 7.88. The first-order valence-corrected chi connectivity index (χ1v) is 4.96. The summed E-state index contributed by atoms with van der Waals surface area (Å²) in [5.74, 6) is -0.0814. The second kappa shape index (κ2) is 5.67. The Morgan fingerprint density at radius 2 is 2.06 bits per heavy atom. The van der Waals surface area contributed by atoms with Crippen LogP contribution in [0.25, 0.3) is 0 Å². The van der Waals surface area contributed by atoms with Gasteiger partial charge in [0, 0.05) is 5.56 Å². The summed E-state index contributed by atoms with van der Waals surface area (Å²) in [6, 6.07) is 6.66. The number of alkyl halides is 3. The number of benzene rings is 1. The Balaban J connectivity index is 2.42. The molecule has 0 heterocycles. The van der Waals surface area contributed by atoms with E-state index in [2.05, 4.69) is 0 Å². The van der Waals surface area contributed by atoms with E-state index in [4.69, 9.17) is 15.9 Å². The van der Waals surface area contributed by atoms with E-state index >= 15 is 0 Å². The van der Waals surface area contributed by atoms with E-state index in [0.717, 1.165) is 0 Å². The summed E-state index contributed by atoms with van der Waals surface area (Å²) in [7, 11) is 0. The fourth-order valence-corrected chi connectivity index (χ4v) is 1.21. The molecule has 0 fully saturated rings. The van der Waals surface area contributed by atoms with Crippen molar-refractivity contribution in [3.05, 3.63) is 35.4 Å². The second-order valence-electron chi connectivity index (χ2n) is 3.53. The number of amidine groups is 1. The lowest BCUT2D eigenvalue weighted by Gasteiger charge is -2.08. The summed E-state index contributed by atoms with van der Waals surface area (Å²) in [6.45, 7) is -0.287. The van der Waals surface area contributed by atoms with Gasteiger partial charge in [0.2, 0.25) is 0 Å². The van der Waals surface area contributed by atoms with Crippen LogP contribution in [-0.2, 0) is 11.3 Å². The minimum absolute atomic E-state index is 0.0806. The molecule has 0 radical (unpaired) electrons. The van der Waals surface area contributed by atoms with Crippen LogP contribution in [0.15, 0.2) is 24.3 Å². The van der Waals surface area contributed by atoms with Gasteiger partial charge in [-0.05, 0) is 11.6 Å². The molecule has 0 bridgehead atoms. The van der Waals surface area contributed by atoms with Gasteiger partial charge in [-0.2, -0.15) is 13.2 Å². The quantitative estimate of drug-likeness (QED) is 0.476. The molecule has 0 unspecified atom stereocenters. The maximum Gasteiger partial charge on any atom is 0.391 e. The predicted octanol–water partition coefficient (Wildman–Crippen LogP) is 2.44. The van der Waals surface area contributed by atoms with Gasteiger partial charge in [0.15, 0.2) is 0 Å². The average Bonchev–Trinajstić information content (AvgIpc) is 2.23. The average molecular weight is 246 g/mol. The maximum atomic E-state index is 11.8. The minimum Gasteiger partial charge on any atom is -0.384 e. The molecular weight excluding hydrogens is 233 g/mol. The molecule has 0 amide bonds. The molecule has 1 aromatic carbocycles. The molecule has 3 nitrogen and oxygen atoms in total. The van der Waals surface area contributed by atoms with Gasteiger partial charge in [0.25, 0.3) is 0 Å². The molecule has 0 aliphatic rings. The largest absolute Gasteiger partial charge is 0.391 e. The zero-order valence-corrected chi connectivity index (χ0v) is 9.05. The summed E-state index contributed by atoms with van der Waals surface area (Å²) >= 11 is 0. The van der Waals surface area contributed by atoms with Gasteiger partial charge < -0.3 is 10.5 Å². The van der Waals surface area contributed by atoms with E-state index in [1.54, 1.807) is 24.3 Å². The number of nitrogen functional groups attached to an aromatic ring is 1. The normalized spacial score (nSPS) is 11.5. The molecule has 0 saturated carbocycles. The van der Waals surface area contributed by atoms with E-state index in [1.807, 2.05) is 0 Å². The summed E-state index contributed by atoms with van der Waals surface area (Å²) < 4.78 is 40.4. The summed E-state index contributed by atoms with van der Waals surface area (Å²) in [5.41, 5.74) is 6.51. The van der Waals surface area contributed by atoms with Crippen LogP contribution in [0.5, 0.6) is 0 Å². The molecule has 0 aliphatic heterocycles. The lowest BCUT2D eigenvalue weighted by molar-refractivity contribution is -0.146. The fourth-order valence-electron chi connectivity index (χ4n) is 1.21. The Hall–Kier alpha value is -1.56. The van der Waals surface area contributed by atoms with Crippen molar-refractivity contribution in [3.8, 4) is 0 Å². The molecule has 0 spiro atoms. The van der Waals surface area contributed by atoms with Gasteiger partial charge in [-0.25, -0.2) is 0 Å². The molecule has 0 saturated heterocycles. The van der Waals surface area contributed by atoms with Gasteiger partial charge in [-0.15, -0.1) is 0 Å². The first kappa shape index (κ1) is 13.5. The molecule has 94 valence electrons. The number of hydrogen-bond donors (Lipinski definition) is 2. The van der Waals surface area contributed by atoms with E-state index < -0.39 is 12.6 Å². The standard InChI is InChI=1S/C11H13F3N2O/c12-11(13,14)4-5-17-7-8-2-1-3-9(6-8)10(15)16/h1-3,6H,4-5,7H2,(H3,15,16). The lowest BCUT2D eigenvalue weighted by atomic mass is 10.1. The van der Waals surface area contributed by atoms with Gasteiger partial charge >= 0.3 is 6.18 Å². The lowest BCUT2D eigenvalue weighted by Crippen LogP contribution is -2.12. The molecule has 3 N–H and O–H groups in total. The Labute approximate surface area is 96.9 Å². The third kappa shape index (κ3) is 5.35. The molecule has 0 atom stereocenters. The summed E-state index contributed by atoms with van der Waals surface area (Å²) in [4.78, 5) is 0. The van der Waals surface area contributed by atoms with Gasteiger partial charge in [0.1, 0.15) is 5.84 Å². The predicted molar refractivity (Wildman–Crippen MR) is 57.8 cm³/mol. The van der Waals surface area contributed by atoms with E-state index in [0.29, 0.717) is 11.1 Å². The molecule has 1 aromatic rings. The zero-order chi connectivity index (χ0) is 12.9. The van der Waals surface area contributed by atoms with Crippen molar-refractivity contribution in [2.45, 2.75) is 19.2 Å². The van der Waals surface area contributed by atoms with E-state index in [9.17, 15) is 13.2 Å². The van der Waals surface area contributed by atoms with Crippen LogP contribution < -0.4 is 5.73 Å². The van der Waals surface area contributed by atoms with Gasteiger partial charge in [-0.1, -0.05) is 18.2 Å². The van der Waals surface area contributed by atoms with E-state index in [1.165, 1.54) is 0 Å². The second-order valence-corrected chi connectivity index (χ2v) is 3.53. The van der Waals surface area contributed by atoms with Crippen molar-refractivity contribution in [1.82, 2.24) is 0 Å². The van der Waals surface area contributed by atoms with Crippen molar-refractivity contribution in [1.29, 1.82) is 5.41 Å². The van der Waals surface area contributed by atoms with Crippen molar-refractivity contribution in [2.24, 2.45) is 5.73 Å². The van der Waals surface area contributed by atoms with Crippen LogP contribution in [0.1, 0.15) is 17.5 Å². The van der Waals surface area contributed by atoms with Gasteiger partial charge in [0.05, 0.1) is 19.6 Å². The van der Waals surface area contributed by atoms with Crippen molar-refractivity contribution in [2.75, 3.05) is 6.61 Å². The SMILES string of the molecule is N=C(N)c1cccc(COCCC(F)(F)F)c1. The molecular formula is C11H13F3N2O. The summed E-state index contributed by atoms with van der Waals surface area (Å²) in [6.07, 6.45) is -5.15. The van der Waals surface area contributed by atoms with Crippen LogP contribution in [0.4, 0.5) is 13.2 Å². The molecule has 0 aliphatic carbocycles. The van der Waals surface area contributed by atoms with Crippen LogP contribution in [-0.4, -0.2) is 18.6 Å². The third-order valence-electron chi connectivity index (χ3n) is 2.04. The van der Waals surface area contributed by atoms with Crippen LogP contribution in [0.2, 0.25) is 0 Å². The highest BCUT2D eigenvalue weighted by molar-refractivity contribution is 5.95. The van der Waals surface area contributed by atoms with Crippen molar-refractivity contribution in [3.63, 3.8) is 0 Å². The first-order valence-electron chi connectivity index (χ1n) is 4.96. The Morgan fingerprint density at radius 3 is 2.65 bits per heavy atom. The minimum atomic E-state index is -4.19. The Bertz CT molecular complexity index is 391. The zero-order valence-electron chi connectivity index (χ0n) is 9.05. The van der Waals surface area contributed by atoms with Crippen molar-refractivity contribution < 1.29 is 17.9 Å². The fraction of sp³-hybridized carbons (Fsp3) is 0.364. The highest BCUT2D eigenvalue weighted by Gasteiger charge is 2.26. The van der Waals surface area contributed by atoms with E-state index in [-0.39, 0.29) is 19.0 Å². The van der Waals surface area contributed by atoms with Crippen molar-refractivity contribution >= 4 is 5.84 Å². The number of halogens is 3. The highest BCUT2D eigenvalue weighted by atomic mass is 19.4. The molecule has 6 heteroatoms. The number of nitrogens with two attached hydrogens (primary N) is 1. The smallest absolute Gasteiger partial charge is 0.384 e. The molecule has 1 rings (SSSR count). The molecule has 0 aromatic heterocycles. The van der Waals surface area contributed by atoms with Crippen LogP contribution in [0, 0.1) is 5.41 Å². The summed E-state index contributed by atoms with van der Waals surface area (Å²) in [5, 5.41) is 7.22.